The summed E-state index contributed by atoms with van der Waals surface area (Å²) >= 11 is 0. The van der Waals surface area contributed by atoms with Crippen LogP contribution in [0.1, 0.15) is 77.2 Å². The molecule has 162 valence electrons. The molecule has 0 saturated heterocycles. The van der Waals surface area contributed by atoms with Gasteiger partial charge in [-0.05, 0) is 104 Å². The Kier molecular flexibility index (Phi) is 5.03. The lowest BCUT2D eigenvalue weighted by Crippen LogP contribution is -2.56. The molecule has 4 saturated carbocycles. The third kappa shape index (κ3) is 3.14. The second-order valence-corrected chi connectivity index (χ2v) is 11.2. The summed E-state index contributed by atoms with van der Waals surface area (Å²) in [5.41, 5.74) is 0.846. The molecule has 3 nitrogen and oxygen atoms in total. The molecule has 0 aromatic carbocycles. The zero-order valence-corrected chi connectivity index (χ0v) is 18.9. The maximum absolute atomic E-state index is 11.3. The molecule has 1 aromatic rings. The first kappa shape index (κ1) is 20.5. The van der Waals surface area contributed by atoms with Crippen molar-refractivity contribution in [2.45, 2.75) is 83.3 Å². The van der Waals surface area contributed by atoms with Gasteiger partial charge in [-0.1, -0.05) is 25.7 Å². The Hall–Kier alpha value is -1.37. The fourth-order valence-electron chi connectivity index (χ4n) is 8.32. The second kappa shape index (κ2) is 7.35. The summed E-state index contributed by atoms with van der Waals surface area (Å²) in [5.74, 6) is 9.54. The average molecular weight is 408 g/mol. The highest BCUT2D eigenvalue weighted by Crippen LogP contribution is 2.67. The van der Waals surface area contributed by atoms with E-state index in [0.717, 1.165) is 42.6 Å². The van der Waals surface area contributed by atoms with E-state index in [1.807, 2.05) is 19.2 Å². The normalized spacial score (nSPS) is 47.4. The highest BCUT2D eigenvalue weighted by molar-refractivity contribution is 5.35. The van der Waals surface area contributed by atoms with Crippen molar-refractivity contribution in [1.29, 1.82) is 0 Å². The van der Waals surface area contributed by atoms with Gasteiger partial charge >= 0.3 is 0 Å². The SMILES string of the molecule is CO[C@H]1CC[C@H]2[C@@H]3CC[C@@H]4C[C@@](O)(C#Cc5ccncc5)CC[C@]4(C)[C@H]3CC[C@]12C. The fourth-order valence-corrected chi connectivity index (χ4v) is 8.32. The summed E-state index contributed by atoms with van der Waals surface area (Å²) in [6, 6.07) is 3.84. The highest BCUT2D eigenvalue weighted by Gasteiger charge is 2.61. The van der Waals surface area contributed by atoms with E-state index < -0.39 is 5.60 Å². The standard InChI is InChI=1S/C27H37NO2/c1-25-14-15-27(29,13-8-19-10-16-28-17-11-19)18-20(25)4-5-21-22-6-7-24(30-3)26(22,2)12-9-23(21)25/h10-11,16-17,20-24,29H,4-7,9,12,14-15,18H2,1-3H3/t20-,21+,22+,23+,24+,25+,26+,27-/m1/s1. The van der Waals surface area contributed by atoms with Gasteiger partial charge in [-0.15, -0.1) is 0 Å². The number of aliphatic hydroxyl groups is 1. The summed E-state index contributed by atoms with van der Waals surface area (Å²) in [6.07, 6.45) is 14.6. The minimum absolute atomic E-state index is 0.361. The first-order valence-corrected chi connectivity index (χ1v) is 12.1. The molecule has 1 N–H and O–H groups in total. The Labute approximate surface area is 182 Å². The molecule has 30 heavy (non-hydrogen) atoms. The van der Waals surface area contributed by atoms with Crippen LogP contribution in [0.25, 0.3) is 0 Å². The molecule has 0 unspecified atom stereocenters. The molecule has 4 fully saturated rings. The van der Waals surface area contributed by atoms with Crippen molar-refractivity contribution in [2.75, 3.05) is 7.11 Å². The molecule has 5 rings (SSSR count). The lowest BCUT2D eigenvalue weighted by Gasteiger charge is -2.61. The lowest BCUT2D eigenvalue weighted by molar-refractivity contribution is -0.146. The third-order valence-electron chi connectivity index (χ3n) is 10.0. The zero-order valence-electron chi connectivity index (χ0n) is 18.9. The third-order valence-corrected chi connectivity index (χ3v) is 10.0. The number of pyridine rings is 1. The van der Waals surface area contributed by atoms with Gasteiger partial charge in [-0.2, -0.15) is 0 Å². The van der Waals surface area contributed by atoms with Crippen molar-refractivity contribution in [2.24, 2.45) is 34.5 Å². The van der Waals surface area contributed by atoms with Crippen molar-refractivity contribution in [3.63, 3.8) is 0 Å². The Morgan fingerprint density at radius 2 is 1.73 bits per heavy atom. The fraction of sp³-hybridized carbons (Fsp3) is 0.741. The summed E-state index contributed by atoms with van der Waals surface area (Å²) in [7, 11) is 1.91. The molecule has 0 radical (unpaired) electrons. The van der Waals surface area contributed by atoms with Crippen LogP contribution in [0.2, 0.25) is 0 Å². The van der Waals surface area contributed by atoms with Crippen molar-refractivity contribution in [1.82, 2.24) is 4.98 Å². The number of fused-ring (bicyclic) bond motifs is 5. The van der Waals surface area contributed by atoms with Crippen LogP contribution < -0.4 is 0 Å². The van der Waals surface area contributed by atoms with Gasteiger partial charge in [0.05, 0.1) is 6.10 Å². The van der Waals surface area contributed by atoms with Gasteiger partial charge < -0.3 is 9.84 Å². The highest BCUT2D eigenvalue weighted by atomic mass is 16.5. The van der Waals surface area contributed by atoms with Crippen LogP contribution >= 0.6 is 0 Å². The van der Waals surface area contributed by atoms with E-state index in [-0.39, 0.29) is 0 Å². The Bertz CT molecular complexity index is 843. The summed E-state index contributed by atoms with van der Waals surface area (Å²) in [6.45, 7) is 5.06. The molecule has 1 aromatic heterocycles. The molecule has 1 heterocycles. The summed E-state index contributed by atoms with van der Waals surface area (Å²) in [4.78, 5) is 4.06. The molecule has 0 bridgehead atoms. The number of ether oxygens (including phenoxy) is 1. The van der Waals surface area contributed by atoms with E-state index in [2.05, 4.69) is 30.7 Å². The van der Waals surface area contributed by atoms with Crippen LogP contribution in [0.15, 0.2) is 24.5 Å². The molecule has 8 atom stereocenters. The second-order valence-electron chi connectivity index (χ2n) is 11.2. The Morgan fingerprint density at radius 3 is 2.50 bits per heavy atom. The molecule has 4 aliphatic carbocycles. The molecule has 0 aliphatic heterocycles. The predicted molar refractivity (Wildman–Crippen MR) is 119 cm³/mol. The largest absolute Gasteiger partial charge is 0.381 e. The van der Waals surface area contributed by atoms with Crippen LogP contribution in [0.5, 0.6) is 0 Å². The van der Waals surface area contributed by atoms with Crippen LogP contribution in [0.4, 0.5) is 0 Å². The molecular weight excluding hydrogens is 370 g/mol. The van der Waals surface area contributed by atoms with E-state index in [1.165, 1.54) is 38.5 Å². The first-order chi connectivity index (χ1) is 14.4. The van der Waals surface area contributed by atoms with E-state index in [1.54, 1.807) is 12.4 Å². The van der Waals surface area contributed by atoms with Crippen LogP contribution in [-0.4, -0.2) is 28.9 Å². The van der Waals surface area contributed by atoms with E-state index in [0.29, 0.717) is 22.9 Å². The van der Waals surface area contributed by atoms with Crippen LogP contribution in [0.3, 0.4) is 0 Å². The maximum Gasteiger partial charge on any atom is 0.126 e. The zero-order chi connectivity index (χ0) is 21.0. The molecule has 3 heteroatoms. The first-order valence-electron chi connectivity index (χ1n) is 12.1. The number of rotatable bonds is 1. The van der Waals surface area contributed by atoms with E-state index in [9.17, 15) is 5.11 Å². The number of hydrogen-bond donors (Lipinski definition) is 1. The van der Waals surface area contributed by atoms with Crippen molar-refractivity contribution in [3.8, 4) is 11.8 Å². The van der Waals surface area contributed by atoms with Crippen molar-refractivity contribution in [3.05, 3.63) is 30.1 Å². The number of methoxy groups -OCH3 is 1. The van der Waals surface area contributed by atoms with Gasteiger partial charge in [-0.25, -0.2) is 0 Å². The minimum Gasteiger partial charge on any atom is -0.381 e. The maximum atomic E-state index is 11.3. The number of hydrogen-bond acceptors (Lipinski definition) is 3. The molecule has 0 spiro atoms. The average Bonchev–Trinajstić information content (AvgIpc) is 3.10. The Morgan fingerprint density at radius 1 is 0.967 bits per heavy atom. The lowest BCUT2D eigenvalue weighted by atomic mass is 9.44. The summed E-state index contributed by atoms with van der Waals surface area (Å²) in [5, 5.41) is 11.3. The summed E-state index contributed by atoms with van der Waals surface area (Å²) < 4.78 is 5.93. The number of nitrogens with zero attached hydrogens (tertiary/aromatic N) is 1. The predicted octanol–water partition coefficient (Wildman–Crippen LogP) is 5.22. The van der Waals surface area contributed by atoms with Gasteiger partial charge in [0.2, 0.25) is 0 Å². The molecular formula is C27H37NO2. The van der Waals surface area contributed by atoms with Crippen LogP contribution in [-0.2, 0) is 4.74 Å². The van der Waals surface area contributed by atoms with Gasteiger partial charge in [0.1, 0.15) is 5.60 Å². The quantitative estimate of drug-likeness (QED) is 0.649. The van der Waals surface area contributed by atoms with Crippen molar-refractivity contribution >= 4 is 0 Å². The molecule has 0 amide bonds. The smallest absolute Gasteiger partial charge is 0.126 e. The monoisotopic (exact) mass is 407 g/mol. The van der Waals surface area contributed by atoms with Crippen LogP contribution in [0, 0.1) is 46.3 Å². The minimum atomic E-state index is -0.835. The van der Waals surface area contributed by atoms with Gasteiger partial charge in [0.15, 0.2) is 0 Å². The molecule has 4 aliphatic rings. The number of aromatic nitrogens is 1. The topological polar surface area (TPSA) is 42.4 Å². The van der Waals surface area contributed by atoms with E-state index >= 15 is 0 Å². The Balaban J connectivity index is 1.35. The van der Waals surface area contributed by atoms with E-state index in [4.69, 9.17) is 4.74 Å². The van der Waals surface area contributed by atoms with Gasteiger partial charge in [0.25, 0.3) is 0 Å². The van der Waals surface area contributed by atoms with Gasteiger partial charge in [-0.3, -0.25) is 4.98 Å². The van der Waals surface area contributed by atoms with Gasteiger partial charge in [0, 0.05) is 25.1 Å². The van der Waals surface area contributed by atoms with Crippen molar-refractivity contribution < 1.29 is 9.84 Å².